The van der Waals surface area contributed by atoms with Gasteiger partial charge >= 0.3 is 0 Å². The molecular weight excluding hydrogens is 380 g/mol. The maximum Gasteiger partial charge on any atom is 0.287 e. The van der Waals surface area contributed by atoms with Gasteiger partial charge in [0.2, 0.25) is 5.91 Å². The molecule has 2 amide bonds. The van der Waals surface area contributed by atoms with E-state index >= 15 is 0 Å². The Bertz CT molecular complexity index is 970. The molecule has 0 fully saturated rings. The Hall–Kier alpha value is -3.25. The topological polar surface area (TPSA) is 80.6 Å². The van der Waals surface area contributed by atoms with Gasteiger partial charge in [0.25, 0.3) is 5.91 Å². The van der Waals surface area contributed by atoms with Crippen molar-refractivity contribution in [3.05, 3.63) is 82.8 Å². The molecule has 144 valence electrons. The molecule has 3 rings (SSSR count). The van der Waals surface area contributed by atoms with Crippen molar-refractivity contribution in [3.63, 3.8) is 0 Å². The van der Waals surface area contributed by atoms with Gasteiger partial charge in [-0.1, -0.05) is 35.9 Å². The van der Waals surface area contributed by atoms with Gasteiger partial charge in [-0.25, -0.2) is 0 Å². The molecule has 0 bridgehead atoms. The number of rotatable bonds is 7. The molecule has 28 heavy (non-hydrogen) atoms. The van der Waals surface area contributed by atoms with Crippen molar-refractivity contribution >= 4 is 29.1 Å². The SMILES string of the molecule is Cc1ccc(Cl)cc1NC(=O)CNC(=O)c1ccc(COc2ccccc2)o1. The first-order valence-electron chi connectivity index (χ1n) is 8.62. The van der Waals surface area contributed by atoms with E-state index in [4.69, 9.17) is 20.8 Å². The number of hydrogen-bond acceptors (Lipinski definition) is 4. The summed E-state index contributed by atoms with van der Waals surface area (Å²) in [5, 5.41) is 5.75. The maximum atomic E-state index is 12.2. The molecule has 7 heteroatoms. The quantitative estimate of drug-likeness (QED) is 0.625. The molecule has 0 radical (unpaired) electrons. The number of anilines is 1. The molecule has 1 heterocycles. The summed E-state index contributed by atoms with van der Waals surface area (Å²) in [7, 11) is 0. The van der Waals surface area contributed by atoms with E-state index in [2.05, 4.69) is 10.6 Å². The molecule has 0 unspecified atom stereocenters. The monoisotopic (exact) mass is 398 g/mol. The van der Waals surface area contributed by atoms with E-state index < -0.39 is 5.91 Å². The summed E-state index contributed by atoms with van der Waals surface area (Å²) in [6.07, 6.45) is 0. The van der Waals surface area contributed by atoms with E-state index in [1.54, 1.807) is 24.3 Å². The highest BCUT2D eigenvalue weighted by Gasteiger charge is 2.13. The average Bonchev–Trinajstić information content (AvgIpc) is 3.17. The lowest BCUT2D eigenvalue weighted by molar-refractivity contribution is -0.115. The van der Waals surface area contributed by atoms with Crippen molar-refractivity contribution in [1.82, 2.24) is 5.32 Å². The molecule has 0 aliphatic heterocycles. The molecule has 3 aromatic rings. The summed E-state index contributed by atoms with van der Waals surface area (Å²) in [5.74, 6) is 0.478. The normalized spacial score (nSPS) is 10.4. The third-order valence-corrected chi connectivity index (χ3v) is 4.13. The molecule has 0 saturated carbocycles. The van der Waals surface area contributed by atoms with E-state index in [0.717, 1.165) is 5.56 Å². The second-order valence-electron chi connectivity index (χ2n) is 6.06. The molecule has 6 nitrogen and oxygen atoms in total. The molecule has 2 N–H and O–H groups in total. The van der Waals surface area contributed by atoms with Gasteiger partial charge in [-0.15, -0.1) is 0 Å². The molecule has 2 aromatic carbocycles. The van der Waals surface area contributed by atoms with Gasteiger partial charge < -0.3 is 19.8 Å². The predicted molar refractivity (Wildman–Crippen MR) is 107 cm³/mol. The molecule has 1 aromatic heterocycles. The van der Waals surface area contributed by atoms with Crippen LogP contribution in [0.15, 0.2) is 65.1 Å². The largest absolute Gasteiger partial charge is 0.486 e. The van der Waals surface area contributed by atoms with Crippen molar-refractivity contribution in [2.45, 2.75) is 13.5 Å². The Labute approximate surface area is 167 Å². The maximum absolute atomic E-state index is 12.2. The Morgan fingerprint density at radius 2 is 1.86 bits per heavy atom. The molecular formula is C21H19ClN2O4. The zero-order valence-corrected chi connectivity index (χ0v) is 16.0. The summed E-state index contributed by atoms with van der Waals surface area (Å²) >= 11 is 5.93. The predicted octanol–water partition coefficient (Wildman–Crippen LogP) is 4.19. The van der Waals surface area contributed by atoms with Crippen molar-refractivity contribution in [2.24, 2.45) is 0 Å². The van der Waals surface area contributed by atoms with E-state index in [1.807, 2.05) is 37.3 Å². The zero-order valence-electron chi connectivity index (χ0n) is 15.2. The average molecular weight is 399 g/mol. The minimum Gasteiger partial charge on any atom is -0.486 e. The first kappa shape index (κ1) is 19.5. The second kappa shape index (κ2) is 9.10. The van der Waals surface area contributed by atoms with Crippen molar-refractivity contribution in [1.29, 1.82) is 0 Å². The number of benzene rings is 2. The zero-order chi connectivity index (χ0) is 19.9. The highest BCUT2D eigenvalue weighted by molar-refractivity contribution is 6.31. The fraction of sp³-hybridized carbons (Fsp3) is 0.143. The number of hydrogen-bond donors (Lipinski definition) is 2. The number of halogens is 1. The highest BCUT2D eigenvalue weighted by atomic mass is 35.5. The smallest absolute Gasteiger partial charge is 0.287 e. The lowest BCUT2D eigenvalue weighted by Gasteiger charge is -2.09. The van der Waals surface area contributed by atoms with Crippen LogP contribution in [0.3, 0.4) is 0 Å². The summed E-state index contributed by atoms with van der Waals surface area (Å²) in [4.78, 5) is 24.2. The summed E-state index contributed by atoms with van der Waals surface area (Å²) in [6.45, 7) is 1.86. The van der Waals surface area contributed by atoms with Crippen LogP contribution in [0.1, 0.15) is 21.9 Å². The van der Waals surface area contributed by atoms with Gasteiger partial charge in [-0.05, 0) is 48.9 Å². The fourth-order valence-corrected chi connectivity index (χ4v) is 2.59. The van der Waals surface area contributed by atoms with Crippen LogP contribution >= 0.6 is 11.6 Å². The van der Waals surface area contributed by atoms with Gasteiger partial charge in [-0.3, -0.25) is 9.59 Å². The van der Waals surface area contributed by atoms with Gasteiger partial charge in [0.05, 0.1) is 6.54 Å². The van der Waals surface area contributed by atoms with Crippen LogP contribution in [-0.2, 0) is 11.4 Å². The Morgan fingerprint density at radius 1 is 1.07 bits per heavy atom. The number of carbonyl (C=O) groups is 2. The number of amides is 2. The van der Waals surface area contributed by atoms with Crippen LogP contribution in [0.2, 0.25) is 5.02 Å². The lowest BCUT2D eigenvalue weighted by atomic mass is 10.2. The van der Waals surface area contributed by atoms with E-state index in [9.17, 15) is 9.59 Å². The summed E-state index contributed by atoms with van der Waals surface area (Å²) in [6, 6.07) is 17.7. The number of ether oxygens (including phenoxy) is 1. The van der Waals surface area contributed by atoms with Crippen LogP contribution in [-0.4, -0.2) is 18.4 Å². The first-order valence-corrected chi connectivity index (χ1v) is 9.00. The van der Waals surface area contributed by atoms with Crippen molar-refractivity contribution < 1.29 is 18.7 Å². The number of para-hydroxylation sites is 1. The fourth-order valence-electron chi connectivity index (χ4n) is 2.42. The van der Waals surface area contributed by atoms with Crippen molar-refractivity contribution in [3.8, 4) is 5.75 Å². The minimum absolute atomic E-state index is 0.110. The van der Waals surface area contributed by atoms with Crippen molar-refractivity contribution in [2.75, 3.05) is 11.9 Å². The van der Waals surface area contributed by atoms with E-state index in [1.165, 1.54) is 6.07 Å². The third kappa shape index (κ3) is 5.37. The lowest BCUT2D eigenvalue weighted by Crippen LogP contribution is -2.32. The molecule has 0 aliphatic carbocycles. The van der Waals surface area contributed by atoms with Gasteiger partial charge in [0.15, 0.2) is 5.76 Å². The Balaban J connectivity index is 1.49. The van der Waals surface area contributed by atoms with Gasteiger partial charge in [-0.2, -0.15) is 0 Å². The molecule has 0 spiro atoms. The first-order chi connectivity index (χ1) is 13.5. The van der Waals surface area contributed by atoms with Gasteiger partial charge in [0.1, 0.15) is 18.1 Å². The van der Waals surface area contributed by atoms with E-state index in [-0.39, 0.29) is 24.8 Å². The van der Waals surface area contributed by atoms with Crippen LogP contribution in [0, 0.1) is 6.92 Å². The molecule has 0 aliphatic rings. The highest BCUT2D eigenvalue weighted by Crippen LogP contribution is 2.20. The minimum atomic E-state index is -0.482. The number of nitrogens with one attached hydrogen (secondary N) is 2. The van der Waals surface area contributed by atoms with Crippen LogP contribution in [0.4, 0.5) is 5.69 Å². The Morgan fingerprint density at radius 3 is 2.64 bits per heavy atom. The number of aryl methyl sites for hydroxylation is 1. The summed E-state index contributed by atoms with van der Waals surface area (Å²) in [5.41, 5.74) is 1.48. The second-order valence-corrected chi connectivity index (χ2v) is 6.49. The third-order valence-electron chi connectivity index (χ3n) is 3.89. The van der Waals surface area contributed by atoms with Crippen LogP contribution < -0.4 is 15.4 Å². The van der Waals surface area contributed by atoms with Crippen LogP contribution in [0.5, 0.6) is 5.75 Å². The number of carbonyl (C=O) groups excluding carboxylic acids is 2. The van der Waals surface area contributed by atoms with Gasteiger partial charge in [0, 0.05) is 10.7 Å². The Kier molecular flexibility index (Phi) is 6.34. The summed E-state index contributed by atoms with van der Waals surface area (Å²) < 4.78 is 11.0. The standard InChI is InChI=1S/C21H19ClN2O4/c1-14-7-8-15(22)11-18(14)24-20(25)12-23-21(26)19-10-9-17(28-19)13-27-16-5-3-2-4-6-16/h2-11H,12-13H2,1H3,(H,23,26)(H,24,25). The van der Waals surface area contributed by atoms with E-state index in [0.29, 0.717) is 22.2 Å². The van der Waals surface area contributed by atoms with Crippen LogP contribution in [0.25, 0.3) is 0 Å². The number of furan rings is 1. The molecule has 0 saturated heterocycles. The molecule has 0 atom stereocenters.